The Labute approximate surface area is 205 Å². The van der Waals surface area contributed by atoms with Gasteiger partial charge in [0.25, 0.3) is 11.7 Å². The number of aromatic nitrogens is 1. The van der Waals surface area contributed by atoms with Gasteiger partial charge in [-0.05, 0) is 68.0 Å². The van der Waals surface area contributed by atoms with Gasteiger partial charge in [-0.2, -0.15) is 0 Å². The minimum Gasteiger partial charge on any atom is -0.507 e. The number of ether oxygens (including phenoxy) is 1. The third-order valence-electron chi connectivity index (χ3n) is 6.04. The molecule has 0 unspecified atom stereocenters. The molecule has 2 aromatic carbocycles. The maximum absolute atomic E-state index is 13.1. The van der Waals surface area contributed by atoms with Crippen molar-refractivity contribution in [3.05, 3.63) is 101 Å². The first-order valence-corrected chi connectivity index (χ1v) is 11.5. The smallest absolute Gasteiger partial charge is 0.295 e. The summed E-state index contributed by atoms with van der Waals surface area (Å²) in [6.45, 7) is 3.24. The van der Waals surface area contributed by atoms with Crippen LogP contribution in [-0.2, 0) is 16.2 Å². The standard InChI is InChI=1S/C28H29N3O4/c1-19-17-22(9-10-23(19)35-18-20-7-5-4-6-8-20)26(32)24-25(21-11-13-29-14-12-21)31(16-15-30(2)3)28(34)27(24)33/h4-14,17,25,32H,15-16,18H2,1-3H3/b26-24+/t25-/m1/s1. The van der Waals surface area contributed by atoms with Crippen LogP contribution in [0.25, 0.3) is 5.76 Å². The van der Waals surface area contributed by atoms with Crippen LogP contribution in [0.15, 0.2) is 78.6 Å². The molecule has 7 nitrogen and oxygen atoms in total. The Morgan fingerprint density at radius 1 is 1.06 bits per heavy atom. The molecule has 7 heteroatoms. The van der Waals surface area contributed by atoms with Gasteiger partial charge in [-0.1, -0.05) is 30.3 Å². The van der Waals surface area contributed by atoms with Gasteiger partial charge in [-0.25, -0.2) is 0 Å². The van der Waals surface area contributed by atoms with E-state index in [1.54, 1.807) is 42.7 Å². The fourth-order valence-corrected chi connectivity index (χ4v) is 4.16. The van der Waals surface area contributed by atoms with Gasteiger partial charge in [0.2, 0.25) is 0 Å². The van der Waals surface area contributed by atoms with Crippen molar-refractivity contribution in [1.29, 1.82) is 0 Å². The molecule has 4 rings (SSSR count). The van der Waals surface area contributed by atoms with Crippen molar-refractivity contribution in [2.75, 3.05) is 27.2 Å². The number of likely N-dealkylation sites (tertiary alicyclic amines) is 1. The number of nitrogens with zero attached hydrogens (tertiary/aromatic N) is 3. The number of hydrogen-bond donors (Lipinski definition) is 1. The zero-order valence-corrected chi connectivity index (χ0v) is 20.1. The fraction of sp³-hybridized carbons (Fsp3) is 0.250. The number of Topliss-reactive ketones (excluding diaryl/α,β-unsaturated/α-hetero) is 1. The molecule has 1 aliphatic heterocycles. The van der Waals surface area contributed by atoms with E-state index in [-0.39, 0.29) is 11.3 Å². The maximum Gasteiger partial charge on any atom is 0.295 e. The molecule has 35 heavy (non-hydrogen) atoms. The SMILES string of the molecule is Cc1cc(/C(O)=C2\C(=O)C(=O)N(CCN(C)C)[C@@H]2c2ccncc2)ccc1OCc1ccccc1. The van der Waals surface area contributed by atoms with Gasteiger partial charge in [0, 0.05) is 31.0 Å². The minimum atomic E-state index is -0.690. The van der Waals surface area contributed by atoms with Gasteiger partial charge in [0.15, 0.2) is 0 Å². The number of benzene rings is 2. The second-order valence-electron chi connectivity index (χ2n) is 8.83. The number of ketones is 1. The third-order valence-corrected chi connectivity index (χ3v) is 6.04. The molecule has 1 aromatic heterocycles. The first-order chi connectivity index (χ1) is 16.9. The molecule has 1 aliphatic rings. The fourth-order valence-electron chi connectivity index (χ4n) is 4.16. The summed E-state index contributed by atoms with van der Waals surface area (Å²) in [5.74, 6) is -0.822. The number of aryl methyl sites for hydroxylation is 1. The Hall–Kier alpha value is -3.97. The van der Waals surface area contributed by atoms with Gasteiger partial charge in [-0.3, -0.25) is 14.6 Å². The summed E-state index contributed by atoms with van der Waals surface area (Å²) in [7, 11) is 3.81. The lowest BCUT2D eigenvalue weighted by molar-refractivity contribution is -0.140. The van der Waals surface area contributed by atoms with Crippen LogP contribution in [0.1, 0.15) is 28.3 Å². The second-order valence-corrected chi connectivity index (χ2v) is 8.83. The van der Waals surface area contributed by atoms with Crippen LogP contribution in [0.5, 0.6) is 5.75 Å². The molecule has 1 N–H and O–H groups in total. The van der Waals surface area contributed by atoms with Crippen LogP contribution >= 0.6 is 0 Å². The number of aliphatic hydroxyl groups is 1. The minimum absolute atomic E-state index is 0.0808. The Morgan fingerprint density at radius 2 is 1.77 bits per heavy atom. The number of rotatable bonds is 8. The highest BCUT2D eigenvalue weighted by Gasteiger charge is 2.45. The van der Waals surface area contributed by atoms with Gasteiger partial charge in [0.1, 0.15) is 18.1 Å². The molecule has 0 radical (unpaired) electrons. The zero-order chi connectivity index (χ0) is 24.9. The van der Waals surface area contributed by atoms with Crippen molar-refractivity contribution < 1.29 is 19.4 Å². The Balaban J connectivity index is 1.68. The lowest BCUT2D eigenvalue weighted by Crippen LogP contribution is -2.35. The van der Waals surface area contributed by atoms with Gasteiger partial charge in [-0.15, -0.1) is 0 Å². The van der Waals surface area contributed by atoms with Crippen LogP contribution in [0.2, 0.25) is 0 Å². The first kappa shape index (κ1) is 24.2. The Kier molecular flexibility index (Phi) is 7.27. The lowest BCUT2D eigenvalue weighted by Gasteiger charge is -2.26. The number of carbonyl (C=O) groups is 2. The number of likely N-dealkylation sites (N-methyl/N-ethyl adjacent to an activating group) is 1. The van der Waals surface area contributed by atoms with E-state index in [9.17, 15) is 14.7 Å². The lowest BCUT2D eigenvalue weighted by atomic mass is 9.95. The molecule has 0 aliphatic carbocycles. The van der Waals surface area contributed by atoms with Crippen molar-refractivity contribution in [2.45, 2.75) is 19.6 Å². The van der Waals surface area contributed by atoms with Crippen LogP contribution < -0.4 is 4.74 Å². The maximum atomic E-state index is 13.1. The van der Waals surface area contributed by atoms with Crippen molar-refractivity contribution in [3.63, 3.8) is 0 Å². The van der Waals surface area contributed by atoms with E-state index in [1.807, 2.05) is 56.3 Å². The predicted molar refractivity (Wildman–Crippen MR) is 134 cm³/mol. The van der Waals surface area contributed by atoms with Crippen molar-refractivity contribution in [3.8, 4) is 5.75 Å². The third kappa shape index (κ3) is 5.25. The van der Waals surface area contributed by atoms with E-state index in [2.05, 4.69) is 4.98 Å². The molecule has 1 fully saturated rings. The topological polar surface area (TPSA) is 83.0 Å². The quantitative estimate of drug-likeness (QED) is 0.304. The summed E-state index contributed by atoms with van der Waals surface area (Å²) in [5, 5.41) is 11.3. The normalized spacial score (nSPS) is 17.3. The van der Waals surface area contributed by atoms with Gasteiger partial charge >= 0.3 is 0 Å². The van der Waals surface area contributed by atoms with E-state index in [1.165, 1.54) is 4.90 Å². The molecule has 2 heterocycles. The first-order valence-electron chi connectivity index (χ1n) is 11.5. The summed E-state index contributed by atoms with van der Waals surface area (Å²) >= 11 is 0. The highest BCUT2D eigenvalue weighted by atomic mass is 16.5. The highest BCUT2D eigenvalue weighted by molar-refractivity contribution is 6.46. The molecule has 1 saturated heterocycles. The van der Waals surface area contributed by atoms with Crippen molar-refractivity contribution in [1.82, 2.24) is 14.8 Å². The average Bonchev–Trinajstić information content (AvgIpc) is 3.12. The number of pyridine rings is 1. The molecule has 1 atom stereocenters. The summed E-state index contributed by atoms with van der Waals surface area (Å²) in [5.41, 5.74) is 3.12. The van der Waals surface area contributed by atoms with Crippen molar-refractivity contribution in [2.24, 2.45) is 0 Å². The molecular formula is C28H29N3O4. The largest absolute Gasteiger partial charge is 0.507 e. The molecule has 1 amide bonds. The number of hydrogen-bond acceptors (Lipinski definition) is 6. The monoisotopic (exact) mass is 471 g/mol. The van der Waals surface area contributed by atoms with E-state index in [0.717, 1.165) is 16.7 Å². The summed E-state index contributed by atoms with van der Waals surface area (Å²) in [6, 6.07) is 17.9. The molecule has 0 spiro atoms. The van der Waals surface area contributed by atoms with Gasteiger partial charge < -0.3 is 19.6 Å². The van der Waals surface area contributed by atoms with E-state index < -0.39 is 17.7 Å². The van der Waals surface area contributed by atoms with Crippen LogP contribution in [0.3, 0.4) is 0 Å². The van der Waals surface area contributed by atoms with E-state index in [4.69, 9.17) is 4.74 Å². The van der Waals surface area contributed by atoms with E-state index in [0.29, 0.717) is 31.0 Å². The summed E-state index contributed by atoms with van der Waals surface area (Å²) in [6.07, 6.45) is 3.23. The molecule has 3 aromatic rings. The molecule has 0 saturated carbocycles. The molecule has 0 bridgehead atoms. The number of amides is 1. The second kappa shape index (κ2) is 10.5. The van der Waals surface area contributed by atoms with Crippen LogP contribution in [-0.4, -0.2) is 58.8 Å². The van der Waals surface area contributed by atoms with Gasteiger partial charge in [0.05, 0.1) is 11.6 Å². The average molecular weight is 472 g/mol. The summed E-state index contributed by atoms with van der Waals surface area (Å²) < 4.78 is 5.94. The van der Waals surface area contributed by atoms with Crippen molar-refractivity contribution >= 4 is 17.4 Å². The molecular weight excluding hydrogens is 442 g/mol. The van der Waals surface area contributed by atoms with Crippen LogP contribution in [0, 0.1) is 6.92 Å². The molecule has 180 valence electrons. The number of aliphatic hydroxyl groups excluding tert-OH is 1. The zero-order valence-electron chi connectivity index (χ0n) is 20.1. The predicted octanol–water partition coefficient (Wildman–Crippen LogP) is 3.95. The van der Waals surface area contributed by atoms with Crippen LogP contribution in [0.4, 0.5) is 0 Å². The van der Waals surface area contributed by atoms with E-state index >= 15 is 0 Å². The highest BCUT2D eigenvalue weighted by Crippen LogP contribution is 2.39. The Bertz CT molecular complexity index is 1240. The Morgan fingerprint density at radius 3 is 2.43 bits per heavy atom. The number of carbonyl (C=O) groups excluding carboxylic acids is 2. The summed E-state index contributed by atoms with van der Waals surface area (Å²) in [4.78, 5) is 33.6.